The van der Waals surface area contributed by atoms with Crippen molar-refractivity contribution in [2.45, 2.75) is 71.3 Å². The minimum absolute atomic E-state index is 0.0640. The zero-order valence-corrected chi connectivity index (χ0v) is 20.5. The van der Waals surface area contributed by atoms with Crippen molar-refractivity contribution in [3.05, 3.63) is 11.1 Å². The number of methoxy groups -OCH3 is 1. The number of aromatic nitrogens is 1. The van der Waals surface area contributed by atoms with Crippen LogP contribution in [0.1, 0.15) is 71.4 Å². The highest BCUT2D eigenvalue weighted by molar-refractivity contribution is 7.13. The number of nitrogens with zero attached hydrogens (tertiary/aromatic N) is 2. The Morgan fingerprint density at radius 3 is 2.75 bits per heavy atom. The summed E-state index contributed by atoms with van der Waals surface area (Å²) in [4.78, 5) is 42.2. The van der Waals surface area contributed by atoms with Crippen LogP contribution in [-0.4, -0.2) is 60.3 Å². The summed E-state index contributed by atoms with van der Waals surface area (Å²) in [5, 5.41) is 8.17. The van der Waals surface area contributed by atoms with Gasteiger partial charge in [-0.05, 0) is 46.5 Å². The largest absolute Gasteiger partial charge is 0.453 e. The molecule has 1 fully saturated rings. The van der Waals surface area contributed by atoms with Crippen LogP contribution in [0.4, 0.5) is 14.7 Å². The van der Waals surface area contributed by atoms with Crippen LogP contribution in [0.2, 0.25) is 0 Å². The van der Waals surface area contributed by atoms with Crippen molar-refractivity contribution < 1.29 is 23.9 Å². The molecular formula is C22H36N4O5S. The van der Waals surface area contributed by atoms with Gasteiger partial charge in [0.15, 0.2) is 5.13 Å². The molecule has 1 aliphatic heterocycles. The number of alkyl carbamates (subject to hydrolysis) is 1. The summed E-state index contributed by atoms with van der Waals surface area (Å²) in [6.45, 7) is 9.15. The Bertz CT molecular complexity index is 777. The van der Waals surface area contributed by atoms with Gasteiger partial charge in [-0.25, -0.2) is 14.6 Å². The van der Waals surface area contributed by atoms with Gasteiger partial charge in [0, 0.05) is 36.9 Å². The van der Waals surface area contributed by atoms with E-state index in [4.69, 9.17) is 9.47 Å². The predicted octanol–water partition coefficient (Wildman–Crippen LogP) is 4.36. The molecule has 1 aromatic heterocycles. The van der Waals surface area contributed by atoms with Crippen molar-refractivity contribution >= 4 is 34.6 Å². The van der Waals surface area contributed by atoms with Crippen molar-refractivity contribution in [2.75, 3.05) is 32.1 Å². The minimum atomic E-state index is -0.510. The summed E-state index contributed by atoms with van der Waals surface area (Å²) in [6, 6.07) is 0. The van der Waals surface area contributed by atoms with E-state index >= 15 is 0 Å². The summed E-state index contributed by atoms with van der Waals surface area (Å²) < 4.78 is 10.0. The fraction of sp³-hybridized carbons (Fsp3) is 0.727. The third kappa shape index (κ3) is 8.64. The van der Waals surface area contributed by atoms with Crippen molar-refractivity contribution in [2.24, 2.45) is 5.92 Å². The lowest BCUT2D eigenvalue weighted by atomic mass is 9.96. The zero-order valence-electron chi connectivity index (χ0n) is 19.7. The van der Waals surface area contributed by atoms with E-state index in [0.717, 1.165) is 37.8 Å². The maximum Gasteiger partial charge on any atom is 0.409 e. The van der Waals surface area contributed by atoms with Gasteiger partial charge in [-0.3, -0.25) is 4.79 Å². The van der Waals surface area contributed by atoms with Gasteiger partial charge in [0.25, 0.3) is 0 Å². The molecule has 10 heteroatoms. The van der Waals surface area contributed by atoms with Gasteiger partial charge in [0.2, 0.25) is 5.91 Å². The average molecular weight is 469 g/mol. The van der Waals surface area contributed by atoms with Crippen LogP contribution < -0.4 is 10.6 Å². The molecular weight excluding hydrogens is 432 g/mol. The van der Waals surface area contributed by atoms with Crippen LogP contribution in [0.15, 0.2) is 5.38 Å². The second kappa shape index (κ2) is 12.0. The predicted molar refractivity (Wildman–Crippen MR) is 124 cm³/mol. The van der Waals surface area contributed by atoms with Crippen LogP contribution in [0.25, 0.3) is 0 Å². The topological polar surface area (TPSA) is 110 Å². The highest BCUT2D eigenvalue weighted by Gasteiger charge is 2.27. The van der Waals surface area contributed by atoms with Gasteiger partial charge in [0.05, 0.1) is 12.8 Å². The summed E-state index contributed by atoms with van der Waals surface area (Å²) in [5.41, 5.74) is 0.393. The molecule has 2 N–H and O–H groups in total. The molecule has 1 aliphatic rings. The maximum absolute atomic E-state index is 12.5. The lowest BCUT2D eigenvalue weighted by Gasteiger charge is -2.30. The molecule has 0 spiro atoms. The van der Waals surface area contributed by atoms with E-state index < -0.39 is 11.7 Å². The first kappa shape index (κ1) is 25.9. The second-order valence-corrected chi connectivity index (χ2v) is 10.0. The molecule has 0 bridgehead atoms. The van der Waals surface area contributed by atoms with E-state index in [2.05, 4.69) is 15.6 Å². The average Bonchev–Trinajstić information content (AvgIpc) is 3.20. The summed E-state index contributed by atoms with van der Waals surface area (Å²) in [7, 11) is 1.39. The van der Waals surface area contributed by atoms with E-state index in [-0.39, 0.29) is 23.8 Å². The van der Waals surface area contributed by atoms with Crippen LogP contribution >= 0.6 is 11.3 Å². The smallest absolute Gasteiger partial charge is 0.409 e. The van der Waals surface area contributed by atoms with Gasteiger partial charge in [-0.1, -0.05) is 13.3 Å². The number of nitrogens with one attached hydrogen (secondary N) is 2. The Morgan fingerprint density at radius 1 is 1.31 bits per heavy atom. The Balaban J connectivity index is 1.71. The number of carbonyl (C=O) groups excluding carboxylic acids is 3. The Kier molecular flexibility index (Phi) is 9.74. The first-order chi connectivity index (χ1) is 15.1. The fourth-order valence-electron chi connectivity index (χ4n) is 3.48. The van der Waals surface area contributed by atoms with Gasteiger partial charge in [-0.2, -0.15) is 0 Å². The number of likely N-dealkylation sites (tertiary alicyclic amines) is 1. The van der Waals surface area contributed by atoms with E-state index in [1.807, 2.05) is 33.1 Å². The number of unbranched alkanes of at least 4 members (excludes halogenated alkanes) is 1. The van der Waals surface area contributed by atoms with Crippen molar-refractivity contribution in [1.29, 1.82) is 0 Å². The number of ether oxygens (including phenoxy) is 2. The Morgan fingerprint density at radius 2 is 2.06 bits per heavy atom. The molecule has 2 rings (SSSR count). The summed E-state index contributed by atoms with van der Waals surface area (Å²) >= 11 is 1.40. The van der Waals surface area contributed by atoms with Crippen LogP contribution in [-0.2, 0) is 14.3 Å². The first-order valence-electron chi connectivity index (χ1n) is 11.1. The number of piperidine rings is 1. The number of rotatable bonds is 8. The lowest BCUT2D eigenvalue weighted by molar-refractivity contribution is -0.119. The zero-order chi connectivity index (χ0) is 23.7. The lowest BCUT2D eigenvalue weighted by Crippen LogP contribution is -2.39. The highest BCUT2D eigenvalue weighted by atomic mass is 32.1. The van der Waals surface area contributed by atoms with Crippen molar-refractivity contribution in [3.8, 4) is 0 Å². The summed E-state index contributed by atoms with van der Waals surface area (Å²) in [6.07, 6.45) is 3.44. The number of hydrogen-bond donors (Lipinski definition) is 2. The van der Waals surface area contributed by atoms with Crippen LogP contribution in [0.5, 0.6) is 0 Å². The molecule has 3 amide bonds. The molecule has 0 saturated carbocycles. The third-order valence-electron chi connectivity index (χ3n) is 5.20. The number of anilines is 1. The third-order valence-corrected chi connectivity index (χ3v) is 5.98. The first-order valence-corrected chi connectivity index (χ1v) is 12.0. The molecule has 1 aromatic rings. The van der Waals surface area contributed by atoms with Gasteiger partial charge in [0.1, 0.15) is 5.60 Å². The van der Waals surface area contributed by atoms with Gasteiger partial charge >= 0.3 is 12.2 Å². The minimum Gasteiger partial charge on any atom is -0.453 e. The normalized spacial score (nSPS) is 17.4. The van der Waals surface area contributed by atoms with E-state index in [1.165, 1.54) is 18.4 Å². The molecule has 0 aliphatic carbocycles. The quantitative estimate of drug-likeness (QED) is 0.549. The monoisotopic (exact) mass is 468 g/mol. The molecule has 2 heterocycles. The molecule has 9 nitrogen and oxygen atoms in total. The van der Waals surface area contributed by atoms with Gasteiger partial charge in [-0.15, -0.1) is 11.3 Å². The second-order valence-electron chi connectivity index (χ2n) is 9.15. The maximum atomic E-state index is 12.5. The van der Waals surface area contributed by atoms with E-state index in [1.54, 1.807) is 4.90 Å². The molecule has 0 radical (unpaired) electrons. The molecule has 1 saturated heterocycles. The Labute approximate surface area is 194 Å². The molecule has 180 valence electrons. The fourth-order valence-corrected chi connectivity index (χ4v) is 4.28. The SMILES string of the molecule is COC(=O)N1CCCC(c2csc(NC(=O)[C@@H](C)CCCCNC(=O)OC(C)(C)C)n2)C1. The van der Waals surface area contributed by atoms with Crippen LogP contribution in [0.3, 0.4) is 0 Å². The molecule has 0 aromatic carbocycles. The number of hydrogen-bond acceptors (Lipinski definition) is 7. The molecule has 32 heavy (non-hydrogen) atoms. The van der Waals surface area contributed by atoms with Crippen LogP contribution in [0, 0.1) is 5.92 Å². The number of amides is 3. The van der Waals surface area contributed by atoms with E-state index in [0.29, 0.717) is 24.8 Å². The molecule has 2 atom stereocenters. The highest BCUT2D eigenvalue weighted by Crippen LogP contribution is 2.30. The molecule has 1 unspecified atom stereocenters. The van der Waals surface area contributed by atoms with Crippen molar-refractivity contribution in [1.82, 2.24) is 15.2 Å². The Hall–Kier alpha value is -2.36. The standard InChI is InChI=1S/C22H36N4O5S/c1-15(9-6-7-11-23-20(28)31-22(2,3)4)18(27)25-19-24-17(14-32-19)16-10-8-12-26(13-16)21(29)30-5/h14-16H,6-13H2,1-5H3,(H,23,28)(H,24,25,27)/t15-,16?/m0/s1. The van der Waals surface area contributed by atoms with E-state index in [9.17, 15) is 14.4 Å². The number of thiazole rings is 1. The van der Waals surface area contributed by atoms with Crippen molar-refractivity contribution in [3.63, 3.8) is 0 Å². The number of carbonyl (C=O) groups is 3. The van der Waals surface area contributed by atoms with Gasteiger partial charge < -0.3 is 25.0 Å². The summed E-state index contributed by atoms with van der Waals surface area (Å²) in [5.74, 6) is -0.0705.